The zero-order valence-corrected chi connectivity index (χ0v) is 17.5. The lowest BCUT2D eigenvalue weighted by Gasteiger charge is -2.58. The van der Waals surface area contributed by atoms with Crippen molar-refractivity contribution in [1.82, 2.24) is 4.98 Å². The summed E-state index contributed by atoms with van der Waals surface area (Å²) in [7, 11) is 0. The number of carboxylic acids is 1. The number of hydrogen-bond donors (Lipinski definition) is 4. The van der Waals surface area contributed by atoms with Crippen LogP contribution < -0.4 is 10.6 Å². The van der Waals surface area contributed by atoms with E-state index in [1.165, 1.54) is 6.20 Å². The number of aromatic nitrogens is 1. The predicted molar refractivity (Wildman–Crippen MR) is 118 cm³/mol. The first kappa shape index (κ1) is 20.7. The van der Waals surface area contributed by atoms with E-state index in [9.17, 15) is 25.1 Å². The van der Waals surface area contributed by atoms with Gasteiger partial charge in [-0.15, -0.1) is 0 Å². The molecule has 0 amide bonds. The first-order valence-corrected chi connectivity index (χ1v) is 11.0. The minimum atomic E-state index is -1.26. The van der Waals surface area contributed by atoms with Gasteiger partial charge in [-0.2, -0.15) is 0 Å². The predicted octanol–water partition coefficient (Wildman–Crippen LogP) is 3.65. The van der Waals surface area contributed by atoms with Crippen LogP contribution in [0, 0.1) is 27.9 Å². The lowest BCUT2D eigenvalue weighted by molar-refractivity contribution is -0.383. The van der Waals surface area contributed by atoms with Crippen LogP contribution >= 0.6 is 0 Å². The monoisotopic (exact) mass is 438 g/mol. The smallest absolute Gasteiger partial charge is 0.339 e. The van der Waals surface area contributed by atoms with Crippen molar-refractivity contribution in [3.05, 3.63) is 57.8 Å². The van der Waals surface area contributed by atoms with Crippen LogP contribution in [-0.4, -0.2) is 37.7 Å². The number of aromatic carboxylic acids is 1. The lowest BCUT2D eigenvalue weighted by atomic mass is 9.52. The van der Waals surface area contributed by atoms with Crippen LogP contribution in [0.15, 0.2) is 36.5 Å². The highest BCUT2D eigenvalue weighted by Gasteiger charge is 2.55. The van der Waals surface area contributed by atoms with Crippen molar-refractivity contribution in [2.75, 3.05) is 10.6 Å². The number of nitro groups is 1. The SMILES string of the molecule is O=C(O)c1cnc(NCc2ccccc2)c([N+](=O)[O-])c1N[C@H]1[C@@H]2CC3C[C@H]1C[C@](O)(C3)C2. The summed E-state index contributed by atoms with van der Waals surface area (Å²) in [4.78, 5) is 27.5. The molecule has 0 spiro atoms. The Morgan fingerprint density at radius 1 is 1.19 bits per heavy atom. The fourth-order valence-electron chi connectivity index (χ4n) is 6.28. The Bertz CT molecular complexity index is 1040. The van der Waals surface area contributed by atoms with Gasteiger partial charge in [0.05, 0.1) is 10.5 Å². The minimum absolute atomic E-state index is 0.00229. The number of benzene rings is 1. The zero-order chi connectivity index (χ0) is 22.5. The number of rotatable bonds is 7. The molecule has 0 saturated heterocycles. The molecule has 2 aromatic rings. The van der Waals surface area contributed by atoms with Crippen molar-refractivity contribution in [2.24, 2.45) is 17.8 Å². The second-order valence-electron chi connectivity index (χ2n) is 9.51. The highest BCUT2D eigenvalue weighted by atomic mass is 16.6. The Balaban J connectivity index is 1.48. The van der Waals surface area contributed by atoms with Gasteiger partial charge in [0.15, 0.2) is 0 Å². The molecule has 4 bridgehead atoms. The molecule has 4 N–H and O–H groups in total. The Hall–Kier alpha value is -3.20. The Kier molecular flexibility index (Phi) is 5.00. The largest absolute Gasteiger partial charge is 0.478 e. The summed E-state index contributed by atoms with van der Waals surface area (Å²) in [5.74, 6) is -0.415. The van der Waals surface area contributed by atoms with Gasteiger partial charge in [-0.1, -0.05) is 30.3 Å². The number of nitrogens with one attached hydrogen (secondary N) is 2. The average Bonchev–Trinajstić information content (AvgIpc) is 2.73. The summed E-state index contributed by atoms with van der Waals surface area (Å²) in [6.45, 7) is 0.323. The second kappa shape index (κ2) is 7.74. The molecule has 1 heterocycles. The average molecular weight is 438 g/mol. The van der Waals surface area contributed by atoms with Crippen LogP contribution in [0.2, 0.25) is 0 Å². The van der Waals surface area contributed by atoms with Gasteiger partial charge in [-0.25, -0.2) is 9.78 Å². The van der Waals surface area contributed by atoms with Gasteiger partial charge in [-0.3, -0.25) is 10.1 Å². The number of anilines is 2. The molecule has 4 fully saturated rings. The minimum Gasteiger partial charge on any atom is -0.478 e. The van der Waals surface area contributed by atoms with Crippen LogP contribution in [0.4, 0.5) is 17.2 Å². The van der Waals surface area contributed by atoms with E-state index in [0.717, 1.165) is 24.8 Å². The molecule has 1 aromatic heterocycles. The molecule has 168 valence electrons. The van der Waals surface area contributed by atoms with Crippen molar-refractivity contribution in [3.63, 3.8) is 0 Å². The molecule has 0 aliphatic heterocycles. The van der Waals surface area contributed by atoms with Crippen LogP contribution in [0.1, 0.15) is 48.0 Å². The van der Waals surface area contributed by atoms with Gasteiger partial charge in [0, 0.05) is 18.8 Å². The van der Waals surface area contributed by atoms with E-state index in [2.05, 4.69) is 15.6 Å². The Morgan fingerprint density at radius 3 is 2.47 bits per heavy atom. The van der Waals surface area contributed by atoms with E-state index in [1.54, 1.807) is 0 Å². The summed E-state index contributed by atoms with van der Waals surface area (Å²) >= 11 is 0. The second-order valence-corrected chi connectivity index (χ2v) is 9.51. The maximum absolute atomic E-state index is 12.1. The van der Waals surface area contributed by atoms with Gasteiger partial charge in [-0.05, 0) is 55.4 Å². The number of hydrogen-bond acceptors (Lipinski definition) is 7. The number of nitrogens with zero attached hydrogens (tertiary/aromatic N) is 2. The highest BCUT2D eigenvalue weighted by Crippen LogP contribution is 2.56. The van der Waals surface area contributed by atoms with Crippen molar-refractivity contribution in [3.8, 4) is 0 Å². The number of pyridine rings is 1. The van der Waals surface area contributed by atoms with E-state index >= 15 is 0 Å². The van der Waals surface area contributed by atoms with Gasteiger partial charge >= 0.3 is 11.7 Å². The van der Waals surface area contributed by atoms with Crippen molar-refractivity contribution < 1.29 is 19.9 Å². The van der Waals surface area contributed by atoms with Crippen molar-refractivity contribution in [1.29, 1.82) is 0 Å². The van der Waals surface area contributed by atoms with Crippen molar-refractivity contribution >= 4 is 23.2 Å². The molecule has 1 aromatic carbocycles. The molecule has 4 aliphatic carbocycles. The topological polar surface area (TPSA) is 138 Å². The summed E-state index contributed by atoms with van der Waals surface area (Å²) in [6.07, 6.45) is 5.22. The van der Waals surface area contributed by atoms with E-state index in [-0.39, 0.29) is 40.6 Å². The third kappa shape index (κ3) is 3.66. The van der Waals surface area contributed by atoms with E-state index in [1.807, 2.05) is 30.3 Å². The van der Waals surface area contributed by atoms with Gasteiger partial charge in [0.2, 0.25) is 5.82 Å². The van der Waals surface area contributed by atoms with E-state index < -0.39 is 16.5 Å². The first-order chi connectivity index (χ1) is 15.3. The molecular weight excluding hydrogens is 412 g/mol. The van der Waals surface area contributed by atoms with Crippen LogP contribution in [0.5, 0.6) is 0 Å². The number of carboxylic acid groups (broad SMARTS) is 1. The molecule has 9 nitrogen and oxygen atoms in total. The Morgan fingerprint density at radius 2 is 1.88 bits per heavy atom. The normalized spacial score (nSPS) is 30.2. The summed E-state index contributed by atoms with van der Waals surface area (Å²) < 4.78 is 0. The highest BCUT2D eigenvalue weighted by molar-refractivity contribution is 5.98. The van der Waals surface area contributed by atoms with Gasteiger partial charge in [0.1, 0.15) is 11.3 Å². The summed E-state index contributed by atoms with van der Waals surface area (Å²) in [6, 6.07) is 9.31. The van der Waals surface area contributed by atoms with Gasteiger partial charge < -0.3 is 20.8 Å². The summed E-state index contributed by atoms with van der Waals surface area (Å²) in [5.41, 5.74) is -0.285. The first-order valence-electron chi connectivity index (χ1n) is 11.0. The molecule has 1 unspecified atom stereocenters. The maximum Gasteiger partial charge on any atom is 0.339 e. The molecule has 0 radical (unpaired) electrons. The molecule has 4 aliphatic rings. The molecule has 9 heteroatoms. The molecular formula is C23H26N4O5. The standard InChI is InChI=1S/C23H26N4O5/c28-22(29)17-12-25-21(24-11-13-4-2-1-3-5-13)20(27(31)32)19(17)26-18-15-6-14-7-16(18)10-23(30,8-14)9-15/h1-5,12,14-16,18,30H,6-11H2,(H,28,29)(H2,24,25,26)/t14?,15-,16+,18+,23+. The third-order valence-electron chi connectivity index (χ3n) is 7.32. The molecule has 4 saturated carbocycles. The summed E-state index contributed by atoms with van der Waals surface area (Å²) in [5, 5.41) is 38.9. The van der Waals surface area contributed by atoms with Crippen LogP contribution in [0.25, 0.3) is 0 Å². The van der Waals surface area contributed by atoms with Crippen LogP contribution in [-0.2, 0) is 6.54 Å². The van der Waals surface area contributed by atoms with Gasteiger partial charge in [0.25, 0.3) is 0 Å². The molecule has 5 atom stereocenters. The molecule has 6 rings (SSSR count). The lowest BCUT2D eigenvalue weighted by Crippen LogP contribution is -2.59. The Labute approximate surface area is 185 Å². The fraction of sp³-hybridized carbons (Fsp3) is 0.478. The zero-order valence-electron chi connectivity index (χ0n) is 17.5. The quantitative estimate of drug-likeness (QED) is 0.380. The number of carbonyl (C=O) groups is 1. The van der Waals surface area contributed by atoms with Crippen LogP contribution in [0.3, 0.4) is 0 Å². The fourth-order valence-corrected chi connectivity index (χ4v) is 6.28. The van der Waals surface area contributed by atoms with E-state index in [0.29, 0.717) is 25.3 Å². The maximum atomic E-state index is 12.1. The van der Waals surface area contributed by atoms with E-state index in [4.69, 9.17) is 0 Å². The van der Waals surface area contributed by atoms with Crippen molar-refractivity contribution in [2.45, 2.75) is 50.3 Å². The molecule has 32 heavy (non-hydrogen) atoms. The number of aliphatic hydroxyl groups is 1. The third-order valence-corrected chi connectivity index (χ3v) is 7.32.